The van der Waals surface area contributed by atoms with Crippen LogP contribution >= 0.6 is 0 Å². The third-order valence-electron chi connectivity index (χ3n) is 9.93. The van der Waals surface area contributed by atoms with Crippen molar-refractivity contribution in [1.82, 2.24) is 8.28 Å². The lowest BCUT2D eigenvalue weighted by Crippen LogP contribution is -2.43. The maximum Gasteiger partial charge on any atom is 0.268 e. The maximum atomic E-state index is 14.1. The van der Waals surface area contributed by atoms with E-state index in [2.05, 4.69) is 40.4 Å². The first-order valence-corrected chi connectivity index (χ1v) is 22.2. The number of aromatic nitrogens is 1. The molecule has 0 saturated heterocycles. The highest BCUT2D eigenvalue weighted by Crippen LogP contribution is 2.46. The van der Waals surface area contributed by atoms with Crippen LogP contribution in [0.1, 0.15) is 50.8 Å². The van der Waals surface area contributed by atoms with Crippen LogP contribution in [-0.2, 0) is 34.7 Å². The lowest BCUT2D eigenvalue weighted by atomic mass is 9.85. The molecule has 5 rings (SSSR count). The molecular weight excluding hydrogens is 689 g/mol. The third-order valence-corrected chi connectivity index (χ3v) is 17.9. The molecule has 9 nitrogen and oxygen atoms in total. The monoisotopic (exact) mass is 734 g/mol. The van der Waals surface area contributed by atoms with E-state index in [9.17, 15) is 21.6 Å². The first-order valence-electron chi connectivity index (χ1n) is 16.4. The highest BCUT2D eigenvalue weighted by Gasteiger charge is 2.42. The quantitative estimate of drug-likeness (QED) is 0.109. The van der Waals surface area contributed by atoms with E-state index in [1.165, 1.54) is 41.4 Å². The number of benzene rings is 3. The Morgan fingerprint density at radius 2 is 1.60 bits per heavy atom. The number of hydrogen-bond acceptors (Lipinski definition) is 7. The van der Waals surface area contributed by atoms with Gasteiger partial charge in [0.05, 0.1) is 35.4 Å². The molecule has 0 fully saturated rings. The largest absolute Gasteiger partial charge is 0.497 e. The Hall–Kier alpha value is -3.97. The van der Waals surface area contributed by atoms with E-state index < -0.39 is 39.7 Å². The zero-order valence-electron chi connectivity index (χ0n) is 30.0. The Morgan fingerprint density at radius 3 is 2.18 bits per heavy atom. The topological polar surface area (TPSA) is 112 Å². The van der Waals surface area contributed by atoms with Crippen LogP contribution in [0.25, 0.3) is 16.5 Å². The van der Waals surface area contributed by atoms with Gasteiger partial charge >= 0.3 is 0 Å². The van der Waals surface area contributed by atoms with E-state index in [1.54, 1.807) is 42.6 Å². The summed E-state index contributed by atoms with van der Waals surface area (Å²) in [7, 11) is -8.90. The van der Waals surface area contributed by atoms with Crippen LogP contribution in [0.4, 0.5) is 0 Å². The Labute approximate surface area is 297 Å². The van der Waals surface area contributed by atoms with Crippen LogP contribution in [0.5, 0.6) is 5.75 Å². The molecule has 1 aliphatic carbocycles. The first-order chi connectivity index (χ1) is 23.2. The maximum absolute atomic E-state index is 14.1. The summed E-state index contributed by atoms with van der Waals surface area (Å²) < 4.78 is 69.2. The molecule has 0 radical (unpaired) electrons. The predicted octanol–water partition coefficient (Wildman–Crippen LogP) is 7.67. The fourth-order valence-electron chi connectivity index (χ4n) is 5.86. The van der Waals surface area contributed by atoms with E-state index in [0.29, 0.717) is 34.4 Å². The van der Waals surface area contributed by atoms with E-state index in [0.717, 1.165) is 15.4 Å². The number of hydrogen-bond donors (Lipinski definition) is 0. The lowest BCUT2D eigenvalue weighted by Gasteiger charge is -2.39. The van der Waals surface area contributed by atoms with Gasteiger partial charge in [-0.05, 0) is 103 Å². The standard InChI is InChI=1S/C38H46N2O7S2Si/c1-10-20-40(49(44,45)32-17-13-30(46-7)14-18-32)36(41)23-29-25-38(6,26-47-50(8,9)37(3,4)5)34-22-28-19-21-39(35(28)24-33(29)34)48(42,43)31-15-11-27(2)12-16-31/h10-19,21-22,24-25H,1,20,23,26H2,2-9H3. The fraction of sp³-hybridized carbons (Fsp3) is 0.342. The van der Waals surface area contributed by atoms with Crippen molar-refractivity contribution in [2.75, 3.05) is 20.3 Å². The number of methoxy groups -OCH3 is 1. The van der Waals surface area contributed by atoms with Crippen molar-refractivity contribution in [1.29, 1.82) is 0 Å². The molecular formula is C38H46N2O7S2Si. The van der Waals surface area contributed by atoms with Crippen molar-refractivity contribution in [3.05, 3.63) is 108 Å². The molecule has 0 aliphatic heterocycles. The number of ether oxygens (including phenoxy) is 1. The van der Waals surface area contributed by atoms with Crippen molar-refractivity contribution < 1.29 is 30.8 Å². The molecule has 1 aliphatic rings. The van der Waals surface area contributed by atoms with Crippen LogP contribution in [0.15, 0.2) is 101 Å². The van der Waals surface area contributed by atoms with Gasteiger partial charge in [0.15, 0.2) is 8.32 Å². The highest BCUT2D eigenvalue weighted by molar-refractivity contribution is 7.90. The van der Waals surface area contributed by atoms with Gasteiger partial charge in [-0.2, -0.15) is 0 Å². The molecule has 3 aromatic carbocycles. The molecule has 0 saturated carbocycles. The Morgan fingerprint density at radius 1 is 0.980 bits per heavy atom. The SMILES string of the molecule is C=CCN(C(=O)CC1=CC(C)(CO[Si](C)(C)C(C)(C)C)c2cc3ccn(S(=O)(=O)c4ccc(C)cc4)c3cc21)S(=O)(=O)c1ccc(OC)cc1. The molecule has 266 valence electrons. The van der Waals surface area contributed by atoms with Crippen LogP contribution in [0.2, 0.25) is 18.1 Å². The predicted molar refractivity (Wildman–Crippen MR) is 201 cm³/mol. The van der Waals surface area contributed by atoms with E-state index >= 15 is 0 Å². The fourth-order valence-corrected chi connectivity index (χ4v) is 9.67. The summed E-state index contributed by atoms with van der Waals surface area (Å²) in [5.74, 6) is -0.159. The summed E-state index contributed by atoms with van der Waals surface area (Å²) in [4.78, 5) is 14.2. The van der Waals surface area contributed by atoms with Crippen molar-refractivity contribution in [3.63, 3.8) is 0 Å². The normalized spacial score (nSPS) is 16.6. The van der Waals surface area contributed by atoms with Crippen molar-refractivity contribution in [2.24, 2.45) is 0 Å². The molecule has 12 heteroatoms. The Kier molecular flexibility index (Phi) is 9.91. The second-order valence-electron chi connectivity index (χ2n) is 14.6. The van der Waals surface area contributed by atoms with Gasteiger partial charge in [0.1, 0.15) is 5.75 Å². The van der Waals surface area contributed by atoms with Gasteiger partial charge in [-0.25, -0.2) is 25.1 Å². The van der Waals surface area contributed by atoms with Crippen LogP contribution in [0, 0.1) is 6.92 Å². The zero-order chi connectivity index (χ0) is 36.9. The number of amides is 1. The van der Waals surface area contributed by atoms with Gasteiger partial charge in [0.2, 0.25) is 5.91 Å². The number of carbonyl (C=O) groups excluding carboxylic acids is 1. The highest BCUT2D eigenvalue weighted by atomic mass is 32.2. The average Bonchev–Trinajstić information content (AvgIpc) is 3.60. The van der Waals surface area contributed by atoms with Crippen LogP contribution in [0.3, 0.4) is 0 Å². The lowest BCUT2D eigenvalue weighted by molar-refractivity contribution is -0.125. The Bertz CT molecular complexity index is 2200. The summed E-state index contributed by atoms with van der Waals surface area (Å²) in [6, 6.07) is 18.1. The number of nitrogens with zero attached hydrogens (tertiary/aromatic N) is 2. The first kappa shape index (κ1) is 37.3. The minimum atomic E-state index is -4.24. The zero-order valence-corrected chi connectivity index (χ0v) is 32.6. The van der Waals surface area contributed by atoms with Gasteiger partial charge in [0.25, 0.3) is 20.0 Å². The smallest absolute Gasteiger partial charge is 0.268 e. The van der Waals surface area contributed by atoms with E-state index in [1.807, 2.05) is 26.0 Å². The van der Waals surface area contributed by atoms with E-state index in [-0.39, 0.29) is 27.8 Å². The summed E-state index contributed by atoms with van der Waals surface area (Å²) in [6.07, 6.45) is 4.65. The van der Waals surface area contributed by atoms with Crippen LogP contribution in [-0.4, -0.2) is 59.6 Å². The second-order valence-corrected chi connectivity index (χ2v) is 23.1. The number of fused-ring (bicyclic) bond motifs is 2. The molecule has 1 heterocycles. The molecule has 4 aromatic rings. The van der Waals surface area contributed by atoms with Gasteiger partial charge in [-0.1, -0.05) is 50.6 Å². The minimum absolute atomic E-state index is 0.0418. The third kappa shape index (κ3) is 6.86. The summed E-state index contributed by atoms with van der Waals surface area (Å²) in [6.45, 7) is 18.6. The number of aryl methyl sites for hydroxylation is 1. The minimum Gasteiger partial charge on any atom is -0.497 e. The van der Waals surface area contributed by atoms with Crippen molar-refractivity contribution in [2.45, 2.75) is 74.4 Å². The number of sulfonamides is 1. The molecule has 0 bridgehead atoms. The molecule has 1 amide bonds. The summed E-state index contributed by atoms with van der Waals surface area (Å²) >= 11 is 0. The molecule has 0 spiro atoms. The van der Waals surface area contributed by atoms with Gasteiger partial charge in [-0.3, -0.25) is 4.79 Å². The number of carbonyl (C=O) groups is 1. The van der Waals surface area contributed by atoms with Gasteiger partial charge < -0.3 is 9.16 Å². The molecule has 50 heavy (non-hydrogen) atoms. The van der Waals surface area contributed by atoms with Crippen molar-refractivity contribution in [3.8, 4) is 5.75 Å². The van der Waals surface area contributed by atoms with Gasteiger partial charge in [0, 0.05) is 23.6 Å². The van der Waals surface area contributed by atoms with Crippen molar-refractivity contribution >= 4 is 50.7 Å². The average molecular weight is 735 g/mol. The Balaban J connectivity index is 1.61. The summed E-state index contributed by atoms with van der Waals surface area (Å²) in [5.41, 5.74) is 2.86. The van der Waals surface area contributed by atoms with E-state index in [4.69, 9.17) is 9.16 Å². The summed E-state index contributed by atoms with van der Waals surface area (Å²) in [5, 5.41) is 0.675. The number of rotatable bonds is 12. The van der Waals surface area contributed by atoms with Gasteiger partial charge in [-0.15, -0.1) is 6.58 Å². The molecule has 1 aromatic heterocycles. The van der Waals surface area contributed by atoms with Crippen LogP contribution < -0.4 is 4.74 Å². The molecule has 0 N–H and O–H groups in total. The second kappa shape index (κ2) is 13.3. The molecule has 1 unspecified atom stereocenters. The molecule has 1 atom stereocenters.